The highest BCUT2D eigenvalue weighted by molar-refractivity contribution is 7.99. The number of ether oxygens (including phenoxy) is 1. The molecule has 0 fully saturated rings. The molecule has 1 aromatic rings. The molecular formula is C10H18N4O3S. The Kier molecular flexibility index (Phi) is 6.10. The SMILES string of the molecule is CNc1nc(OC(C)C)nc(SCC(O)CO)n1. The van der Waals surface area contributed by atoms with Crippen LogP contribution in [0.2, 0.25) is 0 Å². The molecule has 0 aromatic carbocycles. The molecular weight excluding hydrogens is 256 g/mol. The molecule has 1 aromatic heterocycles. The molecule has 0 aliphatic rings. The van der Waals surface area contributed by atoms with E-state index in [0.29, 0.717) is 16.9 Å². The number of aliphatic hydroxyl groups excluding tert-OH is 2. The van der Waals surface area contributed by atoms with Crippen molar-refractivity contribution in [1.82, 2.24) is 15.0 Å². The van der Waals surface area contributed by atoms with E-state index in [1.165, 1.54) is 11.8 Å². The minimum absolute atomic E-state index is 0.0296. The zero-order valence-corrected chi connectivity index (χ0v) is 11.4. The van der Waals surface area contributed by atoms with Crippen LogP contribution in [0.15, 0.2) is 5.16 Å². The molecule has 1 rings (SSSR count). The van der Waals surface area contributed by atoms with Gasteiger partial charge in [0, 0.05) is 12.8 Å². The van der Waals surface area contributed by atoms with E-state index in [2.05, 4.69) is 20.3 Å². The lowest BCUT2D eigenvalue weighted by molar-refractivity contribution is 0.113. The fourth-order valence-electron chi connectivity index (χ4n) is 1.00. The first-order valence-corrected chi connectivity index (χ1v) is 6.56. The lowest BCUT2D eigenvalue weighted by Crippen LogP contribution is -2.15. The Morgan fingerprint density at radius 3 is 2.61 bits per heavy atom. The second kappa shape index (κ2) is 7.34. The van der Waals surface area contributed by atoms with Crippen molar-refractivity contribution in [1.29, 1.82) is 0 Å². The van der Waals surface area contributed by atoms with Crippen LogP contribution in [0.5, 0.6) is 6.01 Å². The molecule has 0 radical (unpaired) electrons. The monoisotopic (exact) mass is 274 g/mol. The van der Waals surface area contributed by atoms with Crippen molar-refractivity contribution in [2.24, 2.45) is 0 Å². The Bertz CT molecular complexity index is 378. The van der Waals surface area contributed by atoms with E-state index in [4.69, 9.17) is 9.84 Å². The van der Waals surface area contributed by atoms with Crippen LogP contribution < -0.4 is 10.1 Å². The fourth-order valence-corrected chi connectivity index (χ4v) is 1.74. The number of nitrogens with zero attached hydrogens (tertiary/aromatic N) is 3. The Hall–Kier alpha value is -1.12. The van der Waals surface area contributed by atoms with E-state index >= 15 is 0 Å². The molecule has 8 heteroatoms. The summed E-state index contributed by atoms with van der Waals surface area (Å²) in [5, 5.41) is 21.3. The Morgan fingerprint density at radius 2 is 2.06 bits per heavy atom. The molecule has 3 N–H and O–H groups in total. The molecule has 1 unspecified atom stereocenters. The maximum atomic E-state index is 9.27. The summed E-state index contributed by atoms with van der Waals surface area (Å²) in [6.45, 7) is 3.47. The van der Waals surface area contributed by atoms with Gasteiger partial charge < -0.3 is 20.3 Å². The van der Waals surface area contributed by atoms with Gasteiger partial charge in [0.2, 0.25) is 5.95 Å². The number of thioether (sulfide) groups is 1. The maximum Gasteiger partial charge on any atom is 0.322 e. The molecule has 0 aliphatic heterocycles. The zero-order valence-electron chi connectivity index (χ0n) is 10.6. The molecule has 18 heavy (non-hydrogen) atoms. The molecule has 0 saturated carbocycles. The van der Waals surface area contributed by atoms with Crippen LogP contribution in [-0.2, 0) is 0 Å². The minimum Gasteiger partial charge on any atom is -0.461 e. The number of hydrogen-bond donors (Lipinski definition) is 3. The summed E-state index contributed by atoms with van der Waals surface area (Å²) in [7, 11) is 1.70. The smallest absolute Gasteiger partial charge is 0.322 e. The van der Waals surface area contributed by atoms with Crippen LogP contribution in [-0.4, -0.2) is 56.8 Å². The van der Waals surface area contributed by atoms with Gasteiger partial charge in [-0.2, -0.15) is 15.0 Å². The third-order valence-electron chi connectivity index (χ3n) is 1.77. The summed E-state index contributed by atoms with van der Waals surface area (Å²) in [5.41, 5.74) is 0. The molecule has 0 amide bonds. The van der Waals surface area contributed by atoms with Gasteiger partial charge in [0.05, 0.1) is 18.8 Å². The highest BCUT2D eigenvalue weighted by Gasteiger charge is 2.10. The summed E-state index contributed by atoms with van der Waals surface area (Å²) in [5.74, 6) is 0.715. The molecule has 0 spiro atoms. The van der Waals surface area contributed by atoms with Crippen LogP contribution in [0, 0.1) is 0 Å². The number of rotatable bonds is 7. The third-order valence-corrected chi connectivity index (χ3v) is 2.77. The zero-order chi connectivity index (χ0) is 13.5. The second-order valence-corrected chi connectivity index (χ2v) is 4.78. The van der Waals surface area contributed by atoms with Gasteiger partial charge in [-0.25, -0.2) is 0 Å². The van der Waals surface area contributed by atoms with Gasteiger partial charge in [-0.1, -0.05) is 11.8 Å². The van der Waals surface area contributed by atoms with Crippen LogP contribution in [0.4, 0.5) is 5.95 Å². The number of aromatic nitrogens is 3. The molecule has 1 heterocycles. The van der Waals surface area contributed by atoms with Gasteiger partial charge in [-0.3, -0.25) is 0 Å². The van der Waals surface area contributed by atoms with Gasteiger partial charge in [0.1, 0.15) is 0 Å². The van der Waals surface area contributed by atoms with E-state index in [9.17, 15) is 5.11 Å². The predicted octanol–water partition coefficient (Wildman–Crippen LogP) is 0.146. The normalized spacial score (nSPS) is 12.6. The van der Waals surface area contributed by atoms with Gasteiger partial charge in [-0.15, -0.1) is 0 Å². The van der Waals surface area contributed by atoms with E-state index in [1.54, 1.807) is 7.05 Å². The summed E-state index contributed by atoms with van der Waals surface area (Å²) < 4.78 is 5.40. The van der Waals surface area contributed by atoms with Crippen molar-refractivity contribution >= 4 is 17.7 Å². The first kappa shape index (κ1) is 14.9. The molecule has 7 nitrogen and oxygen atoms in total. The highest BCUT2D eigenvalue weighted by atomic mass is 32.2. The Labute approximate surface area is 110 Å². The van der Waals surface area contributed by atoms with Crippen LogP contribution >= 0.6 is 11.8 Å². The average Bonchev–Trinajstić information content (AvgIpc) is 2.34. The number of aliphatic hydroxyl groups is 2. The Morgan fingerprint density at radius 1 is 1.33 bits per heavy atom. The van der Waals surface area contributed by atoms with Gasteiger partial charge in [0.25, 0.3) is 0 Å². The van der Waals surface area contributed by atoms with Gasteiger partial charge >= 0.3 is 6.01 Å². The average molecular weight is 274 g/mol. The first-order valence-electron chi connectivity index (χ1n) is 5.57. The van der Waals surface area contributed by atoms with Gasteiger partial charge in [0.15, 0.2) is 5.16 Å². The topological polar surface area (TPSA) is 100 Å². The lowest BCUT2D eigenvalue weighted by Gasteiger charge is -2.10. The minimum atomic E-state index is -0.792. The summed E-state index contributed by atoms with van der Waals surface area (Å²) >= 11 is 1.23. The second-order valence-electron chi connectivity index (χ2n) is 3.79. The lowest BCUT2D eigenvalue weighted by atomic mass is 10.4. The van der Waals surface area contributed by atoms with E-state index < -0.39 is 6.10 Å². The fraction of sp³-hybridized carbons (Fsp3) is 0.700. The molecule has 0 bridgehead atoms. The maximum absolute atomic E-state index is 9.27. The molecule has 1 atom stereocenters. The summed E-state index contributed by atoms with van der Waals surface area (Å²) in [6, 6.07) is 0.241. The Balaban J connectivity index is 2.76. The van der Waals surface area contributed by atoms with Crippen molar-refractivity contribution in [3.05, 3.63) is 0 Å². The van der Waals surface area contributed by atoms with E-state index in [1.807, 2.05) is 13.8 Å². The van der Waals surface area contributed by atoms with Gasteiger partial charge in [-0.05, 0) is 13.8 Å². The van der Waals surface area contributed by atoms with Crippen molar-refractivity contribution in [3.63, 3.8) is 0 Å². The predicted molar refractivity (Wildman–Crippen MR) is 69.0 cm³/mol. The summed E-state index contributed by atoms with van der Waals surface area (Å²) in [6.07, 6.45) is -0.822. The number of nitrogens with one attached hydrogen (secondary N) is 1. The van der Waals surface area contributed by atoms with Crippen molar-refractivity contribution < 1.29 is 14.9 Å². The molecule has 102 valence electrons. The summed E-state index contributed by atoms with van der Waals surface area (Å²) in [4.78, 5) is 12.3. The van der Waals surface area contributed by atoms with Crippen molar-refractivity contribution in [2.45, 2.75) is 31.2 Å². The van der Waals surface area contributed by atoms with Crippen LogP contribution in [0.25, 0.3) is 0 Å². The van der Waals surface area contributed by atoms with Crippen molar-refractivity contribution in [2.75, 3.05) is 24.7 Å². The first-order chi connectivity index (χ1) is 8.55. The molecule has 0 aliphatic carbocycles. The largest absolute Gasteiger partial charge is 0.461 e. The van der Waals surface area contributed by atoms with E-state index in [0.717, 1.165) is 0 Å². The molecule has 0 saturated heterocycles. The quantitative estimate of drug-likeness (QED) is 0.604. The van der Waals surface area contributed by atoms with Crippen LogP contribution in [0.3, 0.4) is 0 Å². The van der Waals surface area contributed by atoms with Crippen LogP contribution in [0.1, 0.15) is 13.8 Å². The third kappa shape index (κ3) is 5.03. The van der Waals surface area contributed by atoms with Crippen molar-refractivity contribution in [3.8, 4) is 6.01 Å². The number of anilines is 1. The standard InChI is InChI=1S/C10H18N4O3S/c1-6(2)17-9-12-8(11-3)13-10(14-9)18-5-7(16)4-15/h6-7,15-16H,4-5H2,1-3H3,(H,11,12,13,14). The highest BCUT2D eigenvalue weighted by Crippen LogP contribution is 2.18. The number of hydrogen-bond acceptors (Lipinski definition) is 8. The van der Waals surface area contributed by atoms with E-state index in [-0.39, 0.29) is 18.7 Å².